The first-order valence-corrected chi connectivity index (χ1v) is 9.57. The number of hydrogen-bond acceptors (Lipinski definition) is 6. The first kappa shape index (κ1) is 16.8. The van der Waals surface area contributed by atoms with Crippen molar-refractivity contribution in [1.29, 1.82) is 0 Å². The monoisotopic (exact) mass is 368 g/mol. The maximum atomic E-state index is 12.7. The predicted molar refractivity (Wildman–Crippen MR) is 99.0 cm³/mol. The second-order valence-corrected chi connectivity index (χ2v) is 7.77. The molecule has 1 atom stereocenters. The van der Waals surface area contributed by atoms with Crippen LogP contribution >= 0.6 is 0 Å². The van der Waals surface area contributed by atoms with Crippen molar-refractivity contribution in [2.75, 3.05) is 37.6 Å². The van der Waals surface area contributed by atoms with Gasteiger partial charge in [0.25, 0.3) is 0 Å². The molecule has 0 aliphatic carbocycles. The Morgan fingerprint density at radius 2 is 2.00 bits per heavy atom. The predicted octanol–water partition coefficient (Wildman–Crippen LogP) is 1.71. The quantitative estimate of drug-likeness (QED) is 0.822. The number of piperidine rings is 1. The molecule has 3 saturated heterocycles. The van der Waals surface area contributed by atoms with E-state index in [0.29, 0.717) is 6.54 Å². The fourth-order valence-corrected chi connectivity index (χ4v) is 4.52. The van der Waals surface area contributed by atoms with E-state index in [9.17, 15) is 4.79 Å². The third-order valence-corrected chi connectivity index (χ3v) is 5.97. The number of nitrogens with zero attached hydrogens (tertiary/aromatic N) is 4. The van der Waals surface area contributed by atoms with Crippen LogP contribution in [0.2, 0.25) is 0 Å². The highest BCUT2D eigenvalue weighted by Gasteiger charge is 2.50. The van der Waals surface area contributed by atoms with E-state index in [1.807, 2.05) is 35.5 Å². The minimum atomic E-state index is -0.199. The van der Waals surface area contributed by atoms with Gasteiger partial charge >= 0.3 is 0 Å². The summed E-state index contributed by atoms with van der Waals surface area (Å²) < 4.78 is 11.6. The van der Waals surface area contributed by atoms with E-state index in [1.165, 1.54) is 5.69 Å². The van der Waals surface area contributed by atoms with Gasteiger partial charge in [0, 0.05) is 49.8 Å². The molecule has 2 aromatic rings. The molecule has 0 radical (unpaired) electrons. The van der Waals surface area contributed by atoms with Crippen molar-refractivity contribution in [2.24, 2.45) is 0 Å². The molecule has 0 N–H and O–H groups in total. The van der Waals surface area contributed by atoms with Crippen LogP contribution in [0.5, 0.6) is 0 Å². The van der Waals surface area contributed by atoms with Crippen LogP contribution in [-0.4, -0.2) is 65.2 Å². The van der Waals surface area contributed by atoms with Crippen molar-refractivity contribution >= 4 is 11.6 Å². The number of carbonyl (C=O) groups is 1. The van der Waals surface area contributed by atoms with Gasteiger partial charge in [0.1, 0.15) is 6.23 Å². The van der Waals surface area contributed by atoms with Crippen molar-refractivity contribution in [1.82, 2.24) is 14.8 Å². The summed E-state index contributed by atoms with van der Waals surface area (Å²) in [5.74, 6) is 0.170. The van der Waals surface area contributed by atoms with Crippen LogP contribution < -0.4 is 4.90 Å². The number of ether oxygens (including phenoxy) is 1. The van der Waals surface area contributed by atoms with E-state index in [1.54, 1.807) is 12.5 Å². The van der Waals surface area contributed by atoms with E-state index in [2.05, 4.69) is 14.8 Å². The Morgan fingerprint density at radius 3 is 2.74 bits per heavy atom. The topological polar surface area (TPSA) is 62.1 Å². The summed E-state index contributed by atoms with van der Waals surface area (Å²) in [7, 11) is 0. The van der Waals surface area contributed by atoms with Crippen molar-refractivity contribution in [2.45, 2.75) is 31.2 Å². The van der Waals surface area contributed by atoms with Crippen LogP contribution in [0.25, 0.3) is 0 Å². The lowest BCUT2D eigenvalue weighted by atomic mass is 9.91. The molecule has 142 valence electrons. The number of carbonyl (C=O) groups excluding carboxylic acids is 1. The first-order chi connectivity index (χ1) is 13.2. The molecule has 0 aromatic carbocycles. The molecule has 3 fully saturated rings. The zero-order valence-corrected chi connectivity index (χ0v) is 15.3. The standard InChI is InChI=1S/C20H24N4O3/c25-18-12-22(11-16-3-10-26-14-16)13-19-24(18)15-20(27-19)4-8-23(9-5-20)17-1-6-21-7-2-17/h1-3,6-7,10,14,19H,4-5,8-9,11-13,15H2. The SMILES string of the molecule is O=C1CN(Cc2ccoc2)CC2OC3(CCN(c4ccncc4)CC3)CN12. The van der Waals surface area contributed by atoms with E-state index >= 15 is 0 Å². The highest BCUT2D eigenvalue weighted by Crippen LogP contribution is 2.38. The zero-order valence-electron chi connectivity index (χ0n) is 15.3. The molecule has 7 heteroatoms. The second kappa shape index (κ2) is 6.65. The highest BCUT2D eigenvalue weighted by atomic mass is 16.5. The van der Waals surface area contributed by atoms with Crippen molar-refractivity contribution in [3.05, 3.63) is 48.7 Å². The molecule has 7 nitrogen and oxygen atoms in total. The van der Waals surface area contributed by atoms with Gasteiger partial charge in [-0.1, -0.05) is 0 Å². The number of aromatic nitrogens is 1. The van der Waals surface area contributed by atoms with E-state index in [-0.39, 0.29) is 17.7 Å². The van der Waals surface area contributed by atoms with Gasteiger partial charge in [-0.2, -0.15) is 0 Å². The summed E-state index contributed by atoms with van der Waals surface area (Å²) >= 11 is 0. The van der Waals surface area contributed by atoms with Gasteiger partial charge in [0.15, 0.2) is 0 Å². The maximum Gasteiger partial charge on any atom is 0.238 e. The van der Waals surface area contributed by atoms with Crippen molar-refractivity contribution in [3.8, 4) is 0 Å². The largest absolute Gasteiger partial charge is 0.472 e. The summed E-state index contributed by atoms with van der Waals surface area (Å²) in [5.41, 5.74) is 2.10. The molecule has 0 bridgehead atoms. The second-order valence-electron chi connectivity index (χ2n) is 7.77. The third-order valence-electron chi connectivity index (χ3n) is 5.97. The van der Waals surface area contributed by atoms with Crippen LogP contribution in [0.15, 0.2) is 47.5 Å². The average Bonchev–Trinajstić information content (AvgIpc) is 3.31. The number of hydrogen-bond donors (Lipinski definition) is 0. The zero-order chi connectivity index (χ0) is 18.3. The maximum absolute atomic E-state index is 12.7. The Hall–Kier alpha value is -2.38. The lowest BCUT2D eigenvalue weighted by Gasteiger charge is -2.39. The Kier molecular flexibility index (Phi) is 4.13. The lowest BCUT2D eigenvalue weighted by Crippen LogP contribution is -2.53. The fourth-order valence-electron chi connectivity index (χ4n) is 4.52. The van der Waals surface area contributed by atoms with Gasteiger partial charge in [0.2, 0.25) is 5.91 Å². The number of pyridine rings is 1. The van der Waals surface area contributed by atoms with E-state index < -0.39 is 0 Å². The summed E-state index contributed by atoms with van der Waals surface area (Å²) in [5, 5.41) is 0. The van der Waals surface area contributed by atoms with Crippen molar-refractivity contribution < 1.29 is 13.9 Å². The van der Waals surface area contributed by atoms with E-state index in [0.717, 1.165) is 51.1 Å². The Labute approximate surface area is 158 Å². The van der Waals surface area contributed by atoms with Gasteiger partial charge in [0.05, 0.1) is 31.2 Å². The smallest absolute Gasteiger partial charge is 0.238 e. The summed E-state index contributed by atoms with van der Waals surface area (Å²) in [6.07, 6.45) is 8.83. The fraction of sp³-hybridized carbons (Fsp3) is 0.500. The molecule has 5 heterocycles. The molecule has 0 saturated carbocycles. The van der Waals surface area contributed by atoms with Gasteiger partial charge in [-0.05, 0) is 31.0 Å². The minimum absolute atomic E-state index is 0.134. The summed E-state index contributed by atoms with van der Waals surface area (Å²) in [4.78, 5) is 23.3. The van der Waals surface area contributed by atoms with Crippen molar-refractivity contribution in [3.63, 3.8) is 0 Å². The minimum Gasteiger partial charge on any atom is -0.472 e. The average molecular weight is 368 g/mol. The molecule has 27 heavy (non-hydrogen) atoms. The number of amides is 1. The molecule has 1 amide bonds. The van der Waals surface area contributed by atoms with Gasteiger partial charge in [-0.15, -0.1) is 0 Å². The number of piperazine rings is 1. The number of fused-ring (bicyclic) bond motifs is 1. The number of anilines is 1. The molecular formula is C20H24N4O3. The molecule has 1 spiro atoms. The van der Waals surface area contributed by atoms with Gasteiger partial charge in [-0.3, -0.25) is 14.7 Å². The lowest BCUT2D eigenvalue weighted by molar-refractivity contribution is -0.149. The van der Waals surface area contributed by atoms with Crippen LogP contribution in [0.3, 0.4) is 0 Å². The van der Waals surface area contributed by atoms with E-state index in [4.69, 9.17) is 9.15 Å². The van der Waals surface area contributed by atoms with Gasteiger partial charge < -0.3 is 19.0 Å². The molecule has 1 unspecified atom stereocenters. The molecular weight excluding hydrogens is 344 g/mol. The van der Waals surface area contributed by atoms with Crippen LogP contribution in [0.1, 0.15) is 18.4 Å². The van der Waals surface area contributed by atoms with Crippen LogP contribution in [0, 0.1) is 0 Å². The number of furan rings is 1. The molecule has 3 aliphatic heterocycles. The normalized spacial score (nSPS) is 25.2. The Morgan fingerprint density at radius 1 is 1.19 bits per heavy atom. The highest BCUT2D eigenvalue weighted by molar-refractivity contribution is 5.79. The Bertz CT molecular complexity index is 787. The summed E-state index contributed by atoms with van der Waals surface area (Å²) in [6.45, 7) is 4.53. The molecule has 5 rings (SSSR count). The molecule has 3 aliphatic rings. The first-order valence-electron chi connectivity index (χ1n) is 9.57. The third kappa shape index (κ3) is 3.21. The summed E-state index contributed by atoms with van der Waals surface area (Å²) in [6, 6.07) is 6.05. The van der Waals surface area contributed by atoms with Crippen LogP contribution in [-0.2, 0) is 16.1 Å². The molecule has 2 aromatic heterocycles. The number of rotatable bonds is 3. The van der Waals surface area contributed by atoms with Crippen LogP contribution in [0.4, 0.5) is 5.69 Å². The Balaban J connectivity index is 1.24. The van der Waals surface area contributed by atoms with Gasteiger partial charge in [-0.25, -0.2) is 0 Å².